The fourth-order valence-corrected chi connectivity index (χ4v) is 4.47. The normalized spacial score (nSPS) is 19.4. The third-order valence-electron chi connectivity index (χ3n) is 5.28. The van der Waals surface area contributed by atoms with E-state index in [1.807, 2.05) is 12.4 Å². The average molecular weight is 413 g/mol. The van der Waals surface area contributed by atoms with Gasteiger partial charge in [0.1, 0.15) is 5.82 Å². The van der Waals surface area contributed by atoms with Gasteiger partial charge in [-0.1, -0.05) is 18.7 Å². The van der Waals surface area contributed by atoms with Crippen molar-refractivity contribution in [3.05, 3.63) is 48.7 Å². The zero-order valence-corrected chi connectivity index (χ0v) is 17.3. The minimum atomic E-state index is -0.267. The van der Waals surface area contributed by atoms with Crippen LogP contribution in [0.4, 0.5) is 4.39 Å². The summed E-state index contributed by atoms with van der Waals surface area (Å²) < 4.78 is 15.6. The van der Waals surface area contributed by atoms with Crippen LogP contribution >= 0.6 is 11.8 Å². The van der Waals surface area contributed by atoms with Crippen LogP contribution in [0.2, 0.25) is 0 Å². The van der Waals surface area contributed by atoms with Crippen molar-refractivity contribution in [2.75, 3.05) is 5.75 Å². The molecule has 29 heavy (non-hydrogen) atoms. The van der Waals surface area contributed by atoms with Gasteiger partial charge in [0.05, 0.1) is 29.5 Å². The van der Waals surface area contributed by atoms with E-state index in [1.54, 1.807) is 30.1 Å². The largest absolute Gasteiger partial charge is 0.393 e. The van der Waals surface area contributed by atoms with Crippen molar-refractivity contribution >= 4 is 11.8 Å². The number of benzene rings is 1. The van der Waals surface area contributed by atoms with Crippen molar-refractivity contribution in [3.63, 3.8) is 0 Å². The maximum Gasteiger partial charge on any atom is 0.188 e. The SMILES string of the molecule is CCCSc1nccc(-c2c(-c3ccc(F)cc3)ncn2C2CCC(O)CC2)n1. The maximum absolute atomic E-state index is 13.5. The van der Waals surface area contributed by atoms with Gasteiger partial charge in [0, 0.05) is 23.6 Å². The second-order valence-electron chi connectivity index (χ2n) is 7.39. The molecule has 0 bridgehead atoms. The van der Waals surface area contributed by atoms with Gasteiger partial charge in [-0.15, -0.1) is 0 Å². The minimum absolute atomic E-state index is 0.217. The number of hydrogen-bond acceptors (Lipinski definition) is 5. The lowest BCUT2D eigenvalue weighted by molar-refractivity contribution is 0.111. The van der Waals surface area contributed by atoms with E-state index < -0.39 is 0 Å². The molecule has 1 aliphatic rings. The van der Waals surface area contributed by atoms with Crippen molar-refractivity contribution in [1.29, 1.82) is 0 Å². The molecule has 1 aromatic carbocycles. The Morgan fingerprint density at radius 1 is 1.10 bits per heavy atom. The molecule has 0 aliphatic heterocycles. The lowest BCUT2D eigenvalue weighted by Crippen LogP contribution is -2.21. The number of halogens is 1. The molecule has 1 fully saturated rings. The lowest BCUT2D eigenvalue weighted by atomic mass is 9.92. The molecular weight excluding hydrogens is 387 g/mol. The first-order chi connectivity index (χ1) is 14.2. The van der Waals surface area contributed by atoms with E-state index >= 15 is 0 Å². The average Bonchev–Trinajstić information content (AvgIpc) is 3.18. The van der Waals surface area contributed by atoms with E-state index in [1.165, 1.54) is 12.1 Å². The number of aliphatic hydroxyl groups is 1. The Morgan fingerprint density at radius 3 is 2.59 bits per heavy atom. The van der Waals surface area contributed by atoms with Gasteiger partial charge in [0.15, 0.2) is 5.16 Å². The zero-order chi connectivity index (χ0) is 20.2. The summed E-state index contributed by atoms with van der Waals surface area (Å²) >= 11 is 1.64. The maximum atomic E-state index is 13.5. The third-order valence-corrected chi connectivity index (χ3v) is 6.35. The molecule has 1 N–H and O–H groups in total. The summed E-state index contributed by atoms with van der Waals surface area (Å²) in [5.74, 6) is 0.699. The number of aromatic nitrogens is 4. The Balaban J connectivity index is 1.78. The molecule has 2 aromatic heterocycles. The van der Waals surface area contributed by atoms with Crippen LogP contribution in [0.3, 0.4) is 0 Å². The molecule has 0 atom stereocenters. The first-order valence-corrected chi connectivity index (χ1v) is 11.1. The highest BCUT2D eigenvalue weighted by molar-refractivity contribution is 7.99. The predicted molar refractivity (Wildman–Crippen MR) is 113 cm³/mol. The standard InChI is InChI=1S/C22H25FN4OS/c1-2-13-29-22-24-12-11-19(26-22)21-20(15-3-5-16(23)6-4-15)25-14-27(21)17-7-9-18(28)10-8-17/h3-6,11-12,14,17-18,28H,2,7-10,13H2,1H3. The quantitative estimate of drug-likeness (QED) is 0.449. The molecule has 0 amide bonds. The van der Waals surface area contributed by atoms with Gasteiger partial charge in [0.25, 0.3) is 0 Å². The second kappa shape index (κ2) is 9.05. The summed E-state index contributed by atoms with van der Waals surface area (Å²) in [6.07, 6.45) is 7.86. The number of hydrogen-bond donors (Lipinski definition) is 1. The molecule has 1 saturated carbocycles. The smallest absolute Gasteiger partial charge is 0.188 e. The van der Waals surface area contributed by atoms with Crippen molar-refractivity contribution in [1.82, 2.24) is 19.5 Å². The molecule has 152 valence electrons. The molecule has 4 rings (SSSR count). The number of thioether (sulfide) groups is 1. The fraction of sp³-hybridized carbons (Fsp3) is 0.409. The van der Waals surface area contributed by atoms with Crippen LogP contribution in [0.5, 0.6) is 0 Å². The van der Waals surface area contributed by atoms with Crippen LogP contribution < -0.4 is 0 Å². The van der Waals surface area contributed by atoms with E-state index in [-0.39, 0.29) is 18.0 Å². The first-order valence-electron chi connectivity index (χ1n) is 10.1. The molecule has 5 nitrogen and oxygen atoms in total. The van der Waals surface area contributed by atoms with Gasteiger partial charge in [-0.05, 0) is 62.4 Å². The summed E-state index contributed by atoms with van der Waals surface area (Å²) in [7, 11) is 0. The van der Waals surface area contributed by atoms with Crippen LogP contribution in [0, 0.1) is 5.82 Å². The van der Waals surface area contributed by atoms with Gasteiger partial charge in [-0.3, -0.25) is 0 Å². The summed E-state index contributed by atoms with van der Waals surface area (Å²) in [5, 5.41) is 10.7. The molecule has 7 heteroatoms. The molecule has 0 saturated heterocycles. The summed E-state index contributed by atoms with van der Waals surface area (Å²) in [4.78, 5) is 13.9. The van der Waals surface area contributed by atoms with Gasteiger partial charge < -0.3 is 9.67 Å². The summed E-state index contributed by atoms with van der Waals surface area (Å²) in [5.41, 5.74) is 3.40. The van der Waals surface area contributed by atoms with Crippen molar-refractivity contribution in [2.24, 2.45) is 0 Å². The van der Waals surface area contributed by atoms with Gasteiger partial charge in [-0.2, -0.15) is 0 Å². The van der Waals surface area contributed by atoms with E-state index in [4.69, 9.17) is 4.98 Å². The number of nitrogens with zero attached hydrogens (tertiary/aromatic N) is 4. The molecular formula is C22H25FN4OS. The summed E-state index contributed by atoms with van der Waals surface area (Å²) in [6.45, 7) is 2.13. The Hall–Kier alpha value is -2.25. The van der Waals surface area contributed by atoms with Crippen molar-refractivity contribution in [3.8, 4) is 22.6 Å². The van der Waals surface area contributed by atoms with E-state index in [0.29, 0.717) is 0 Å². The van der Waals surface area contributed by atoms with E-state index in [2.05, 4.69) is 21.5 Å². The van der Waals surface area contributed by atoms with Crippen LogP contribution in [-0.2, 0) is 0 Å². The fourth-order valence-electron chi connectivity index (χ4n) is 3.78. The van der Waals surface area contributed by atoms with Gasteiger partial charge in [-0.25, -0.2) is 19.3 Å². The van der Waals surface area contributed by atoms with Crippen molar-refractivity contribution in [2.45, 2.75) is 56.3 Å². The second-order valence-corrected chi connectivity index (χ2v) is 8.45. The van der Waals surface area contributed by atoms with Crippen LogP contribution in [0.1, 0.15) is 45.1 Å². The lowest BCUT2D eigenvalue weighted by Gasteiger charge is -2.28. The third kappa shape index (κ3) is 4.51. The Labute approximate surface area is 174 Å². The van der Waals surface area contributed by atoms with E-state index in [0.717, 1.165) is 65.7 Å². The topological polar surface area (TPSA) is 63.8 Å². The van der Waals surface area contributed by atoms with Crippen LogP contribution in [0.15, 0.2) is 48.0 Å². The molecule has 2 heterocycles. The molecule has 0 radical (unpaired) electrons. The molecule has 0 spiro atoms. The van der Waals surface area contributed by atoms with Crippen LogP contribution in [-0.4, -0.2) is 36.5 Å². The number of aliphatic hydroxyl groups excluding tert-OH is 1. The Bertz CT molecular complexity index is 952. The van der Waals surface area contributed by atoms with Crippen LogP contribution in [0.25, 0.3) is 22.6 Å². The van der Waals surface area contributed by atoms with Gasteiger partial charge in [0.2, 0.25) is 0 Å². The number of imidazole rings is 1. The zero-order valence-electron chi connectivity index (χ0n) is 16.5. The van der Waals surface area contributed by atoms with Crippen molar-refractivity contribution < 1.29 is 9.50 Å². The predicted octanol–water partition coefficient (Wildman–Crippen LogP) is 5.12. The first kappa shape index (κ1) is 20.0. The van der Waals surface area contributed by atoms with Gasteiger partial charge >= 0.3 is 0 Å². The highest BCUT2D eigenvalue weighted by Gasteiger charge is 2.26. The minimum Gasteiger partial charge on any atom is -0.393 e. The molecule has 3 aromatic rings. The summed E-state index contributed by atoms with van der Waals surface area (Å²) in [6, 6.07) is 8.59. The molecule has 0 unspecified atom stereocenters. The highest BCUT2D eigenvalue weighted by Crippen LogP contribution is 2.37. The Kier molecular flexibility index (Phi) is 6.25. The molecule has 1 aliphatic carbocycles. The Morgan fingerprint density at radius 2 is 1.86 bits per heavy atom. The highest BCUT2D eigenvalue weighted by atomic mass is 32.2. The monoisotopic (exact) mass is 412 g/mol. The number of rotatable bonds is 6. The van der Waals surface area contributed by atoms with E-state index in [9.17, 15) is 9.50 Å².